The predicted octanol–water partition coefficient (Wildman–Crippen LogP) is 0.914. The van der Waals surface area contributed by atoms with Crippen LogP contribution in [0.4, 0.5) is 5.13 Å². The number of carboxylic acid groups (broad SMARTS) is 1. The average molecular weight is 333 g/mol. The molecule has 0 aromatic carbocycles. The second-order valence-electron chi connectivity index (χ2n) is 6.21. The molecule has 1 fully saturated rings. The molecule has 7 nitrogen and oxygen atoms in total. The Labute approximate surface area is 128 Å². The van der Waals surface area contributed by atoms with E-state index < -0.39 is 21.8 Å². The molecule has 2 heterocycles. The molecule has 118 valence electrons. The molecule has 1 atom stereocenters. The number of nitrogens with zero attached hydrogens (tertiary/aromatic N) is 3. The molecule has 0 radical (unpaired) electrons. The van der Waals surface area contributed by atoms with E-state index in [0.717, 1.165) is 0 Å². The zero-order valence-electron chi connectivity index (χ0n) is 12.2. The van der Waals surface area contributed by atoms with Crippen molar-refractivity contribution in [2.24, 2.45) is 0 Å². The van der Waals surface area contributed by atoms with Crippen LogP contribution in [-0.2, 0) is 20.0 Å². The maximum absolute atomic E-state index is 11.7. The number of carbonyl (C=O) groups is 1. The zero-order chi connectivity index (χ0) is 15.8. The van der Waals surface area contributed by atoms with Crippen LogP contribution in [0.3, 0.4) is 0 Å². The van der Waals surface area contributed by atoms with Gasteiger partial charge < -0.3 is 10.0 Å². The summed E-state index contributed by atoms with van der Waals surface area (Å²) in [7, 11) is -3.19. The molecule has 9 heteroatoms. The third-order valence-electron chi connectivity index (χ3n) is 3.27. The molecule has 2 rings (SSSR count). The lowest BCUT2D eigenvalue weighted by atomic mass is 9.96. The van der Waals surface area contributed by atoms with Crippen molar-refractivity contribution in [1.82, 2.24) is 9.36 Å². The van der Waals surface area contributed by atoms with Crippen LogP contribution < -0.4 is 4.90 Å². The van der Waals surface area contributed by atoms with E-state index in [2.05, 4.69) is 9.36 Å². The van der Waals surface area contributed by atoms with E-state index in [-0.39, 0.29) is 29.9 Å². The number of hydrogen-bond donors (Lipinski definition) is 1. The monoisotopic (exact) mass is 333 g/mol. The summed E-state index contributed by atoms with van der Waals surface area (Å²) >= 11 is 1.19. The van der Waals surface area contributed by atoms with Gasteiger partial charge in [-0.1, -0.05) is 20.8 Å². The Kier molecular flexibility index (Phi) is 4.25. The number of aromatic nitrogens is 2. The van der Waals surface area contributed by atoms with Gasteiger partial charge in [0.2, 0.25) is 5.13 Å². The highest BCUT2D eigenvalue weighted by Gasteiger charge is 2.35. The van der Waals surface area contributed by atoms with E-state index in [1.807, 2.05) is 20.8 Å². The van der Waals surface area contributed by atoms with Gasteiger partial charge in [-0.2, -0.15) is 4.37 Å². The summed E-state index contributed by atoms with van der Waals surface area (Å²) in [5, 5.41) is 9.58. The van der Waals surface area contributed by atoms with Gasteiger partial charge in [0.25, 0.3) is 0 Å². The van der Waals surface area contributed by atoms with Gasteiger partial charge in [-0.05, 0) is 0 Å². The zero-order valence-corrected chi connectivity index (χ0v) is 13.9. The summed E-state index contributed by atoms with van der Waals surface area (Å²) in [6, 6.07) is -0.581. The SMILES string of the molecule is CC(C)(C)c1nsc(N2CCS(=O)(=O)CC2CC(=O)O)n1. The smallest absolute Gasteiger partial charge is 0.305 e. The molecular formula is C12H19N3O4S2. The van der Waals surface area contributed by atoms with Crippen LogP contribution in [0.5, 0.6) is 0 Å². The first-order chi connectivity index (χ1) is 9.58. The highest BCUT2D eigenvalue weighted by atomic mass is 32.2. The summed E-state index contributed by atoms with van der Waals surface area (Å²) in [4.78, 5) is 17.2. The Bertz CT molecular complexity index is 633. The van der Waals surface area contributed by atoms with Crippen molar-refractivity contribution in [3.05, 3.63) is 5.82 Å². The fourth-order valence-electron chi connectivity index (χ4n) is 2.15. The minimum absolute atomic E-state index is 0.0214. The van der Waals surface area contributed by atoms with Gasteiger partial charge >= 0.3 is 5.97 Å². The Balaban J connectivity index is 2.27. The Morgan fingerprint density at radius 1 is 1.48 bits per heavy atom. The van der Waals surface area contributed by atoms with Crippen molar-refractivity contribution in [3.63, 3.8) is 0 Å². The van der Waals surface area contributed by atoms with Crippen LogP contribution in [0, 0.1) is 0 Å². The summed E-state index contributed by atoms with van der Waals surface area (Å²) in [5.41, 5.74) is -0.196. The van der Waals surface area contributed by atoms with E-state index >= 15 is 0 Å². The van der Waals surface area contributed by atoms with Crippen LogP contribution in [0.1, 0.15) is 33.0 Å². The second kappa shape index (κ2) is 5.53. The minimum atomic E-state index is -3.19. The minimum Gasteiger partial charge on any atom is -0.481 e. The second-order valence-corrected chi connectivity index (χ2v) is 9.17. The van der Waals surface area contributed by atoms with Gasteiger partial charge in [0.05, 0.1) is 24.0 Å². The molecular weight excluding hydrogens is 314 g/mol. The summed E-state index contributed by atoms with van der Waals surface area (Å²) in [6.07, 6.45) is -0.219. The fourth-order valence-corrected chi connectivity index (χ4v) is 4.63. The summed E-state index contributed by atoms with van der Waals surface area (Å²) in [5.74, 6) is -0.454. The quantitative estimate of drug-likeness (QED) is 0.877. The highest BCUT2D eigenvalue weighted by Crippen LogP contribution is 2.29. The molecule has 1 aliphatic rings. The maximum atomic E-state index is 11.7. The van der Waals surface area contributed by atoms with Crippen molar-refractivity contribution in [3.8, 4) is 0 Å². The third-order valence-corrected chi connectivity index (χ3v) is 5.72. The number of sulfone groups is 1. The van der Waals surface area contributed by atoms with E-state index in [1.54, 1.807) is 4.90 Å². The number of anilines is 1. The lowest BCUT2D eigenvalue weighted by molar-refractivity contribution is -0.137. The first-order valence-electron chi connectivity index (χ1n) is 6.61. The lowest BCUT2D eigenvalue weighted by Crippen LogP contribution is -2.49. The largest absolute Gasteiger partial charge is 0.481 e. The van der Waals surface area contributed by atoms with Gasteiger partial charge in [0.1, 0.15) is 5.82 Å². The Morgan fingerprint density at radius 3 is 2.67 bits per heavy atom. The van der Waals surface area contributed by atoms with Crippen molar-refractivity contribution >= 4 is 32.5 Å². The number of hydrogen-bond acceptors (Lipinski definition) is 7. The summed E-state index contributed by atoms with van der Waals surface area (Å²) < 4.78 is 27.8. The molecule has 1 aromatic heterocycles. The van der Waals surface area contributed by atoms with Gasteiger partial charge in [-0.3, -0.25) is 4.79 Å². The number of aliphatic carboxylic acids is 1. The first-order valence-corrected chi connectivity index (χ1v) is 9.21. The molecule has 1 unspecified atom stereocenters. The van der Waals surface area contributed by atoms with E-state index in [4.69, 9.17) is 5.11 Å². The first kappa shape index (κ1) is 16.2. The van der Waals surface area contributed by atoms with E-state index in [9.17, 15) is 13.2 Å². The van der Waals surface area contributed by atoms with Gasteiger partial charge in [0.15, 0.2) is 9.84 Å². The van der Waals surface area contributed by atoms with Crippen molar-refractivity contribution in [2.45, 2.75) is 38.6 Å². The molecule has 1 saturated heterocycles. The third kappa shape index (κ3) is 3.91. The number of rotatable bonds is 3. The van der Waals surface area contributed by atoms with Crippen LogP contribution in [0.2, 0.25) is 0 Å². The topological polar surface area (TPSA) is 100 Å². The molecule has 1 aliphatic heterocycles. The average Bonchev–Trinajstić information content (AvgIpc) is 2.75. The van der Waals surface area contributed by atoms with Crippen molar-refractivity contribution in [2.75, 3.05) is 23.0 Å². The van der Waals surface area contributed by atoms with Crippen LogP contribution in [0.15, 0.2) is 0 Å². The van der Waals surface area contributed by atoms with Crippen molar-refractivity contribution in [1.29, 1.82) is 0 Å². The highest BCUT2D eigenvalue weighted by molar-refractivity contribution is 7.91. The summed E-state index contributed by atoms with van der Waals surface area (Å²) in [6.45, 7) is 6.25. The van der Waals surface area contributed by atoms with Crippen molar-refractivity contribution < 1.29 is 18.3 Å². The fraction of sp³-hybridized carbons (Fsp3) is 0.750. The molecule has 21 heavy (non-hydrogen) atoms. The predicted molar refractivity (Wildman–Crippen MR) is 80.6 cm³/mol. The normalized spacial score (nSPS) is 22.2. The Morgan fingerprint density at radius 2 is 2.14 bits per heavy atom. The molecule has 0 aliphatic carbocycles. The maximum Gasteiger partial charge on any atom is 0.305 e. The van der Waals surface area contributed by atoms with Crippen LogP contribution >= 0.6 is 11.5 Å². The van der Waals surface area contributed by atoms with E-state index in [1.165, 1.54) is 11.5 Å². The molecule has 0 saturated carbocycles. The standard InChI is InChI=1S/C12H19N3O4S2/c1-12(2,3)10-13-11(20-14-10)15-4-5-21(18,19)7-8(15)6-9(16)17/h8H,4-7H2,1-3H3,(H,16,17). The van der Waals surface area contributed by atoms with Crippen LogP contribution in [0.25, 0.3) is 0 Å². The molecule has 0 amide bonds. The number of carboxylic acids is 1. The van der Waals surface area contributed by atoms with Gasteiger partial charge in [-0.25, -0.2) is 13.4 Å². The molecule has 1 aromatic rings. The molecule has 0 spiro atoms. The van der Waals surface area contributed by atoms with E-state index in [0.29, 0.717) is 11.0 Å². The van der Waals surface area contributed by atoms with Gasteiger partial charge in [0, 0.05) is 23.5 Å². The molecule has 1 N–H and O–H groups in total. The molecule has 0 bridgehead atoms. The van der Waals surface area contributed by atoms with Crippen LogP contribution in [-0.4, -0.2) is 52.9 Å². The lowest BCUT2D eigenvalue weighted by Gasteiger charge is -2.34. The Hall–Kier alpha value is -1.22. The van der Waals surface area contributed by atoms with Gasteiger partial charge in [-0.15, -0.1) is 0 Å².